The van der Waals surface area contributed by atoms with E-state index in [-0.39, 0.29) is 0 Å². The Morgan fingerprint density at radius 3 is 1.63 bits per heavy atom. The van der Waals surface area contributed by atoms with Crippen molar-refractivity contribution in [2.45, 2.75) is 0 Å². The molecule has 1 heterocycles. The lowest BCUT2D eigenvalue weighted by Gasteiger charge is -2.12. The van der Waals surface area contributed by atoms with Crippen LogP contribution in [-0.4, -0.2) is 8.80 Å². The zero-order chi connectivity index (χ0) is 17.8. The van der Waals surface area contributed by atoms with Crippen LogP contribution in [0.3, 0.4) is 0 Å². The smallest absolute Gasteiger partial charge is 0.0893 e. The molecule has 0 aromatic heterocycles. The average molecular weight is 359 g/mol. The summed E-state index contributed by atoms with van der Waals surface area (Å²) < 4.78 is 0. The zero-order valence-corrected chi connectivity index (χ0v) is 16.0. The summed E-state index contributed by atoms with van der Waals surface area (Å²) >= 11 is 0. The Hall–Kier alpha value is -3.16. The Morgan fingerprint density at radius 1 is 0.444 bits per heavy atom. The van der Waals surface area contributed by atoms with E-state index >= 15 is 0 Å². The van der Waals surface area contributed by atoms with Gasteiger partial charge in [-0.05, 0) is 84.7 Å². The first kappa shape index (κ1) is 14.9. The highest BCUT2D eigenvalue weighted by molar-refractivity contribution is 6.84. The maximum absolute atomic E-state index is 2.41. The normalized spacial score (nSPS) is 14.2. The van der Waals surface area contributed by atoms with Crippen molar-refractivity contribution < 1.29 is 0 Å². The summed E-state index contributed by atoms with van der Waals surface area (Å²) in [7, 11) is -1.11. The van der Waals surface area contributed by atoms with Crippen LogP contribution in [-0.2, 0) is 0 Å². The van der Waals surface area contributed by atoms with Gasteiger partial charge in [0.05, 0.1) is 0 Å². The maximum Gasteiger partial charge on any atom is 0.118 e. The number of hydrogen-bond donors (Lipinski definition) is 0. The number of benzene rings is 5. The molecule has 126 valence electrons. The Balaban J connectivity index is 1.67. The highest BCUT2D eigenvalue weighted by Gasteiger charge is 2.13. The summed E-state index contributed by atoms with van der Waals surface area (Å²) in [4.78, 5) is 0. The van der Waals surface area contributed by atoms with E-state index in [2.05, 4.69) is 102 Å². The molecule has 0 atom stereocenters. The third-order valence-electron chi connectivity index (χ3n) is 5.80. The molecule has 0 N–H and O–H groups in total. The molecule has 0 spiro atoms. The summed E-state index contributed by atoms with van der Waals surface area (Å²) in [6.45, 7) is 0. The monoisotopic (exact) mass is 358 g/mol. The fourth-order valence-electron chi connectivity index (χ4n) is 4.42. The van der Waals surface area contributed by atoms with Crippen molar-refractivity contribution in [2.75, 3.05) is 0 Å². The summed E-state index contributed by atoms with van der Waals surface area (Å²) in [5.74, 6) is 0. The second-order valence-electron chi connectivity index (χ2n) is 7.46. The molecule has 5 aromatic rings. The quantitative estimate of drug-likeness (QED) is 0.257. The van der Waals surface area contributed by atoms with Gasteiger partial charge in [0.2, 0.25) is 0 Å². The first-order valence-electron chi connectivity index (χ1n) is 9.49. The SMILES string of the molecule is C1=C[SiH](c2cccc3cc4cc5cc6ccccc6cc5cc4cc23)C=C1. The van der Waals surface area contributed by atoms with Gasteiger partial charge in [0.1, 0.15) is 8.80 Å². The van der Waals surface area contributed by atoms with E-state index in [1.54, 1.807) is 0 Å². The Morgan fingerprint density at radius 2 is 0.963 bits per heavy atom. The molecule has 5 aromatic carbocycles. The Labute approximate surface area is 159 Å². The van der Waals surface area contributed by atoms with Crippen LogP contribution < -0.4 is 5.19 Å². The van der Waals surface area contributed by atoms with Gasteiger partial charge in [0.15, 0.2) is 0 Å². The molecule has 0 saturated carbocycles. The van der Waals surface area contributed by atoms with Gasteiger partial charge in [-0.1, -0.05) is 66.0 Å². The van der Waals surface area contributed by atoms with Crippen molar-refractivity contribution in [2.24, 2.45) is 0 Å². The molecule has 6 rings (SSSR count). The van der Waals surface area contributed by atoms with Gasteiger partial charge in [0, 0.05) is 0 Å². The van der Waals surface area contributed by atoms with Crippen LogP contribution in [0.1, 0.15) is 0 Å². The maximum atomic E-state index is 2.41. The minimum Gasteiger partial charge on any atom is -0.0893 e. The second kappa shape index (κ2) is 5.67. The van der Waals surface area contributed by atoms with Gasteiger partial charge in [-0.3, -0.25) is 0 Å². The van der Waals surface area contributed by atoms with Crippen molar-refractivity contribution in [3.63, 3.8) is 0 Å². The molecule has 0 aliphatic carbocycles. The predicted octanol–water partition coefficient (Wildman–Crippen LogP) is 5.94. The molecule has 27 heavy (non-hydrogen) atoms. The van der Waals surface area contributed by atoms with Gasteiger partial charge >= 0.3 is 0 Å². The van der Waals surface area contributed by atoms with E-state index in [9.17, 15) is 0 Å². The van der Waals surface area contributed by atoms with Crippen LogP contribution in [0, 0.1) is 0 Å². The standard InChI is InChI=1S/C26H18Si/c1-2-7-19-13-22-16-24-17-25-20(8-5-9-26(25)27-10-3-4-11-27)14-23(24)15-21(22)12-18(19)6-1/h1-17,27H. The molecule has 0 bridgehead atoms. The van der Waals surface area contributed by atoms with Crippen LogP contribution in [0.4, 0.5) is 0 Å². The molecule has 0 amide bonds. The number of fused-ring (bicyclic) bond motifs is 4. The predicted molar refractivity (Wildman–Crippen MR) is 122 cm³/mol. The van der Waals surface area contributed by atoms with Crippen molar-refractivity contribution in [1.82, 2.24) is 0 Å². The van der Waals surface area contributed by atoms with Crippen molar-refractivity contribution >= 4 is 57.1 Å². The van der Waals surface area contributed by atoms with Crippen LogP contribution in [0.25, 0.3) is 43.1 Å². The molecule has 0 radical (unpaired) electrons. The summed E-state index contributed by atoms with van der Waals surface area (Å²) in [5.41, 5.74) is 4.82. The van der Waals surface area contributed by atoms with Crippen LogP contribution in [0.2, 0.25) is 0 Å². The van der Waals surface area contributed by atoms with E-state index in [1.165, 1.54) is 48.3 Å². The van der Waals surface area contributed by atoms with E-state index < -0.39 is 8.80 Å². The third-order valence-corrected chi connectivity index (χ3v) is 8.29. The Bertz CT molecular complexity index is 1410. The molecule has 0 fully saturated rings. The highest BCUT2D eigenvalue weighted by atomic mass is 28.3. The van der Waals surface area contributed by atoms with Gasteiger partial charge in [-0.25, -0.2) is 0 Å². The van der Waals surface area contributed by atoms with Gasteiger partial charge < -0.3 is 0 Å². The van der Waals surface area contributed by atoms with E-state index in [1.807, 2.05) is 0 Å². The Kier molecular flexibility index (Phi) is 3.14. The topological polar surface area (TPSA) is 0 Å². The van der Waals surface area contributed by atoms with Crippen molar-refractivity contribution in [1.29, 1.82) is 0 Å². The fourth-order valence-corrected chi connectivity index (χ4v) is 6.65. The average Bonchev–Trinajstić information content (AvgIpc) is 3.23. The molecule has 0 nitrogen and oxygen atoms in total. The van der Waals surface area contributed by atoms with Crippen molar-refractivity contribution in [3.05, 3.63) is 102 Å². The highest BCUT2D eigenvalue weighted by Crippen LogP contribution is 2.30. The van der Waals surface area contributed by atoms with E-state index in [0.717, 1.165) is 0 Å². The second-order valence-corrected chi connectivity index (χ2v) is 9.91. The van der Waals surface area contributed by atoms with Gasteiger partial charge in [-0.2, -0.15) is 0 Å². The zero-order valence-electron chi connectivity index (χ0n) is 14.9. The van der Waals surface area contributed by atoms with E-state index in [0.29, 0.717) is 0 Å². The fraction of sp³-hybridized carbons (Fsp3) is 0. The number of rotatable bonds is 1. The molecular formula is C26H18Si. The molecule has 1 aliphatic heterocycles. The number of allylic oxidation sites excluding steroid dienone is 2. The van der Waals surface area contributed by atoms with Crippen LogP contribution in [0.15, 0.2) is 102 Å². The lowest BCUT2D eigenvalue weighted by Crippen LogP contribution is -2.25. The molecular weight excluding hydrogens is 340 g/mol. The lowest BCUT2D eigenvalue weighted by atomic mass is 9.97. The van der Waals surface area contributed by atoms with Crippen LogP contribution >= 0.6 is 0 Å². The first-order chi connectivity index (χ1) is 13.3. The van der Waals surface area contributed by atoms with Crippen molar-refractivity contribution in [3.8, 4) is 0 Å². The summed E-state index contributed by atoms with van der Waals surface area (Å²) in [6.07, 6.45) is 4.41. The molecule has 0 saturated heterocycles. The van der Waals surface area contributed by atoms with E-state index in [4.69, 9.17) is 0 Å². The van der Waals surface area contributed by atoms with Gasteiger partial charge in [0.25, 0.3) is 0 Å². The van der Waals surface area contributed by atoms with Crippen LogP contribution in [0.5, 0.6) is 0 Å². The molecule has 1 heteroatoms. The largest absolute Gasteiger partial charge is 0.118 e. The third kappa shape index (κ3) is 2.36. The number of hydrogen-bond acceptors (Lipinski definition) is 0. The summed E-state index contributed by atoms with van der Waals surface area (Å²) in [5, 5.41) is 12.2. The first-order valence-corrected chi connectivity index (χ1v) is 11.4. The summed E-state index contributed by atoms with van der Waals surface area (Å²) in [6, 6.07) is 29.5. The molecule has 1 aliphatic rings. The molecule has 0 unspecified atom stereocenters. The van der Waals surface area contributed by atoms with Gasteiger partial charge in [-0.15, -0.1) is 0 Å². The minimum atomic E-state index is -1.11. The lowest BCUT2D eigenvalue weighted by molar-refractivity contribution is 1.79. The minimum absolute atomic E-state index is 1.11.